The topological polar surface area (TPSA) is 127 Å². The third-order valence-electron chi connectivity index (χ3n) is 2.92. The Morgan fingerprint density at radius 1 is 1.16 bits per heavy atom. The van der Waals surface area contributed by atoms with Crippen LogP contribution in [0.25, 0.3) is 0 Å². The van der Waals surface area contributed by atoms with Gasteiger partial charge in [-0.3, -0.25) is 15.0 Å². The first kappa shape index (κ1) is 18.5. The van der Waals surface area contributed by atoms with Crippen LogP contribution in [0, 0.1) is 0 Å². The van der Waals surface area contributed by atoms with E-state index in [2.05, 4.69) is 5.32 Å². The monoisotopic (exact) mass is 367 g/mol. The lowest BCUT2D eigenvalue weighted by Gasteiger charge is -2.09. The summed E-state index contributed by atoms with van der Waals surface area (Å²) in [6, 6.07) is 8.66. The zero-order valence-corrected chi connectivity index (χ0v) is 14.1. The van der Waals surface area contributed by atoms with Gasteiger partial charge in [0.25, 0.3) is 21.8 Å². The third kappa shape index (κ3) is 5.33. The maximum Gasteiger partial charge on any atom is 0.287 e. The summed E-state index contributed by atoms with van der Waals surface area (Å²) in [7, 11) is -3.94. The van der Waals surface area contributed by atoms with Crippen molar-refractivity contribution in [2.24, 2.45) is 0 Å². The van der Waals surface area contributed by atoms with E-state index in [-0.39, 0.29) is 10.7 Å². The van der Waals surface area contributed by atoms with Crippen LogP contribution in [-0.2, 0) is 14.8 Å². The molecule has 0 aliphatic carbocycles. The van der Waals surface area contributed by atoms with Gasteiger partial charge in [-0.05, 0) is 43.3 Å². The number of carbonyl (C=O) groups is 2. The van der Waals surface area contributed by atoms with Gasteiger partial charge in [-0.15, -0.1) is 4.83 Å². The van der Waals surface area contributed by atoms with E-state index < -0.39 is 28.4 Å². The first-order chi connectivity index (χ1) is 11.9. The molecule has 10 heteroatoms. The largest absolute Gasteiger partial charge is 0.494 e. The Labute approximate surface area is 144 Å². The SMILES string of the molecule is CCOc1ccc(S(=O)(=O)NNC(=O)CNC(=O)c2ccco2)cc1. The Bertz CT molecular complexity index is 815. The van der Waals surface area contributed by atoms with Gasteiger partial charge in [-0.25, -0.2) is 8.42 Å². The summed E-state index contributed by atoms with van der Waals surface area (Å²) in [6.45, 7) is 1.85. The number of hydrogen-bond acceptors (Lipinski definition) is 6. The fourth-order valence-electron chi connectivity index (χ4n) is 1.76. The van der Waals surface area contributed by atoms with Gasteiger partial charge in [-0.2, -0.15) is 0 Å². The molecule has 134 valence electrons. The quantitative estimate of drug-likeness (QED) is 0.580. The molecule has 2 amide bonds. The molecule has 9 nitrogen and oxygen atoms in total. The molecule has 25 heavy (non-hydrogen) atoms. The summed E-state index contributed by atoms with van der Waals surface area (Å²) in [5, 5.41) is 2.29. The van der Waals surface area contributed by atoms with Crippen molar-refractivity contribution in [3.05, 3.63) is 48.4 Å². The van der Waals surface area contributed by atoms with Crippen LogP contribution in [0.15, 0.2) is 52.0 Å². The molecule has 0 unspecified atom stereocenters. The fraction of sp³-hybridized carbons (Fsp3) is 0.200. The van der Waals surface area contributed by atoms with Gasteiger partial charge in [0.05, 0.1) is 24.3 Å². The highest BCUT2D eigenvalue weighted by Gasteiger charge is 2.16. The summed E-state index contributed by atoms with van der Waals surface area (Å²) in [6.07, 6.45) is 1.32. The molecule has 0 aliphatic heterocycles. The number of nitrogens with one attached hydrogen (secondary N) is 3. The molecule has 2 aromatic rings. The van der Waals surface area contributed by atoms with Crippen LogP contribution in [0.3, 0.4) is 0 Å². The highest BCUT2D eigenvalue weighted by Crippen LogP contribution is 2.15. The molecular formula is C15H17N3O6S. The molecule has 0 spiro atoms. The highest BCUT2D eigenvalue weighted by atomic mass is 32.2. The van der Waals surface area contributed by atoms with Crippen molar-refractivity contribution in [2.45, 2.75) is 11.8 Å². The van der Waals surface area contributed by atoms with Gasteiger partial charge >= 0.3 is 0 Å². The number of ether oxygens (including phenoxy) is 1. The van der Waals surface area contributed by atoms with Crippen LogP contribution < -0.4 is 20.3 Å². The zero-order chi connectivity index (χ0) is 18.3. The van der Waals surface area contributed by atoms with E-state index >= 15 is 0 Å². The van der Waals surface area contributed by atoms with Crippen molar-refractivity contribution in [1.29, 1.82) is 0 Å². The van der Waals surface area contributed by atoms with Crippen LogP contribution >= 0.6 is 0 Å². The van der Waals surface area contributed by atoms with Gasteiger partial charge in [0.15, 0.2) is 5.76 Å². The number of hydrazine groups is 1. The van der Waals surface area contributed by atoms with E-state index in [1.54, 1.807) is 0 Å². The molecule has 3 N–H and O–H groups in total. The average Bonchev–Trinajstić information content (AvgIpc) is 3.13. The van der Waals surface area contributed by atoms with Crippen LogP contribution in [0.1, 0.15) is 17.5 Å². The fourth-order valence-corrected chi connectivity index (χ4v) is 2.62. The smallest absolute Gasteiger partial charge is 0.287 e. The minimum Gasteiger partial charge on any atom is -0.494 e. The van der Waals surface area contributed by atoms with E-state index in [1.165, 1.54) is 42.7 Å². The number of hydrogen-bond donors (Lipinski definition) is 3. The van der Waals surface area contributed by atoms with Gasteiger partial charge in [-0.1, -0.05) is 0 Å². The molecule has 0 atom stereocenters. The minimum atomic E-state index is -3.94. The van der Waals surface area contributed by atoms with Crippen molar-refractivity contribution in [1.82, 2.24) is 15.6 Å². The van der Waals surface area contributed by atoms with Gasteiger partial charge in [0.2, 0.25) is 0 Å². The van der Waals surface area contributed by atoms with Crippen LogP contribution in [-0.4, -0.2) is 33.4 Å². The molecular weight excluding hydrogens is 350 g/mol. The van der Waals surface area contributed by atoms with Gasteiger partial charge in [0, 0.05) is 0 Å². The predicted octanol–water partition coefficient (Wildman–Crippen LogP) is 0.418. The second-order valence-corrected chi connectivity index (χ2v) is 6.40. The van der Waals surface area contributed by atoms with E-state index in [9.17, 15) is 18.0 Å². The highest BCUT2D eigenvalue weighted by molar-refractivity contribution is 7.89. The molecule has 0 saturated heterocycles. The molecule has 1 aromatic carbocycles. The second-order valence-electron chi connectivity index (χ2n) is 4.72. The lowest BCUT2D eigenvalue weighted by atomic mass is 10.3. The number of amides is 2. The number of furan rings is 1. The summed E-state index contributed by atoms with van der Waals surface area (Å²) in [5.74, 6) is -0.752. The van der Waals surface area contributed by atoms with E-state index in [0.717, 1.165) is 0 Å². The van der Waals surface area contributed by atoms with Crippen LogP contribution in [0.5, 0.6) is 5.75 Å². The lowest BCUT2D eigenvalue weighted by Crippen LogP contribution is -2.46. The molecule has 0 fully saturated rings. The normalized spacial score (nSPS) is 10.9. The van der Waals surface area contributed by atoms with E-state index in [1.807, 2.05) is 17.2 Å². The van der Waals surface area contributed by atoms with Crippen molar-refractivity contribution < 1.29 is 27.2 Å². The lowest BCUT2D eigenvalue weighted by molar-refractivity contribution is -0.120. The van der Waals surface area contributed by atoms with Crippen LogP contribution in [0.2, 0.25) is 0 Å². The molecule has 0 radical (unpaired) electrons. The number of sulfonamides is 1. The van der Waals surface area contributed by atoms with Gasteiger partial charge < -0.3 is 14.5 Å². The second kappa shape index (κ2) is 8.31. The molecule has 1 aromatic heterocycles. The first-order valence-electron chi connectivity index (χ1n) is 7.27. The van der Waals surface area contributed by atoms with Gasteiger partial charge in [0.1, 0.15) is 5.75 Å². The van der Waals surface area contributed by atoms with Crippen molar-refractivity contribution in [3.63, 3.8) is 0 Å². The van der Waals surface area contributed by atoms with Crippen molar-refractivity contribution in [3.8, 4) is 5.75 Å². The summed E-state index contributed by atoms with van der Waals surface area (Å²) >= 11 is 0. The molecule has 0 aliphatic rings. The maximum atomic E-state index is 12.1. The Balaban J connectivity index is 1.84. The summed E-state index contributed by atoms with van der Waals surface area (Å²) < 4.78 is 34.2. The number of rotatable bonds is 8. The molecule has 2 rings (SSSR count). The first-order valence-corrected chi connectivity index (χ1v) is 8.76. The van der Waals surface area contributed by atoms with E-state index in [4.69, 9.17) is 9.15 Å². The Hall–Kier alpha value is -2.85. The molecule has 0 saturated carbocycles. The predicted molar refractivity (Wildman–Crippen MR) is 87.1 cm³/mol. The van der Waals surface area contributed by atoms with Crippen molar-refractivity contribution >= 4 is 21.8 Å². The number of carbonyl (C=O) groups excluding carboxylic acids is 2. The summed E-state index contributed by atoms with van der Waals surface area (Å²) in [5.41, 5.74) is 2.01. The van der Waals surface area contributed by atoms with Crippen molar-refractivity contribution in [2.75, 3.05) is 13.2 Å². The minimum absolute atomic E-state index is 0.0442. The Kier molecular flexibility index (Phi) is 6.14. The Morgan fingerprint density at radius 2 is 1.88 bits per heavy atom. The Morgan fingerprint density at radius 3 is 2.48 bits per heavy atom. The zero-order valence-electron chi connectivity index (χ0n) is 13.3. The maximum absolute atomic E-state index is 12.1. The molecule has 1 heterocycles. The van der Waals surface area contributed by atoms with Crippen LogP contribution in [0.4, 0.5) is 0 Å². The van der Waals surface area contributed by atoms with E-state index in [0.29, 0.717) is 12.4 Å². The number of benzene rings is 1. The average molecular weight is 367 g/mol. The standard InChI is InChI=1S/C15H17N3O6S/c1-2-23-11-5-7-12(8-6-11)25(21,22)18-17-14(19)10-16-15(20)13-4-3-9-24-13/h3-9,18H,2,10H2,1H3,(H,16,20)(H,17,19). The molecule has 0 bridgehead atoms. The summed E-state index contributed by atoms with van der Waals surface area (Å²) in [4.78, 5) is 25.1. The third-order valence-corrected chi connectivity index (χ3v) is 4.19.